The van der Waals surface area contributed by atoms with Crippen LogP contribution in [0.2, 0.25) is 0 Å². The summed E-state index contributed by atoms with van der Waals surface area (Å²) in [5.41, 5.74) is 4.28. The number of hydrogen-bond donors (Lipinski definition) is 1. The number of aryl methyl sites for hydroxylation is 3. The van der Waals surface area contributed by atoms with Crippen LogP contribution in [0.25, 0.3) is 0 Å². The quantitative estimate of drug-likeness (QED) is 0.831. The first kappa shape index (κ1) is 10.9. The van der Waals surface area contributed by atoms with E-state index in [0.29, 0.717) is 0 Å². The molecule has 16 heavy (non-hydrogen) atoms. The maximum Gasteiger partial charge on any atom is 0.106 e. The van der Waals surface area contributed by atoms with Crippen LogP contribution in [0, 0.1) is 13.8 Å². The Morgan fingerprint density at radius 1 is 1.19 bits per heavy atom. The lowest BCUT2D eigenvalue weighted by atomic mass is 9.99. The van der Waals surface area contributed by atoms with E-state index in [-0.39, 0.29) is 0 Å². The van der Waals surface area contributed by atoms with E-state index in [0.717, 1.165) is 25.1 Å². The van der Waals surface area contributed by atoms with Gasteiger partial charge < -0.3 is 4.98 Å². The number of aromatic nitrogens is 2. The van der Waals surface area contributed by atoms with Gasteiger partial charge in [0.15, 0.2) is 0 Å². The van der Waals surface area contributed by atoms with Gasteiger partial charge in [0.2, 0.25) is 0 Å². The van der Waals surface area contributed by atoms with Gasteiger partial charge in [0.25, 0.3) is 0 Å². The molecule has 1 aromatic heterocycles. The Morgan fingerprint density at radius 2 is 2.06 bits per heavy atom. The molecule has 0 saturated heterocycles. The van der Waals surface area contributed by atoms with Crippen LogP contribution in [0.3, 0.4) is 0 Å². The maximum absolute atomic E-state index is 4.23. The number of aromatic amines is 1. The SMILES string of the molecule is Cc1cccc(CCCc2ncc[nH]2)c1C. The van der Waals surface area contributed by atoms with Crippen LogP contribution in [0.5, 0.6) is 0 Å². The van der Waals surface area contributed by atoms with Gasteiger partial charge in [0.1, 0.15) is 5.82 Å². The fraction of sp³-hybridized carbons (Fsp3) is 0.357. The molecule has 0 saturated carbocycles. The normalized spacial score (nSPS) is 10.6. The number of H-pyrrole nitrogens is 1. The molecule has 2 rings (SSSR count). The molecule has 2 heteroatoms. The molecule has 84 valence electrons. The molecular weight excluding hydrogens is 196 g/mol. The average Bonchev–Trinajstić information content (AvgIpc) is 2.77. The van der Waals surface area contributed by atoms with Crippen molar-refractivity contribution in [2.75, 3.05) is 0 Å². The van der Waals surface area contributed by atoms with Crippen molar-refractivity contribution in [1.82, 2.24) is 9.97 Å². The highest BCUT2D eigenvalue weighted by atomic mass is 14.9. The lowest BCUT2D eigenvalue weighted by molar-refractivity contribution is 0.779. The fourth-order valence-corrected chi connectivity index (χ4v) is 1.96. The van der Waals surface area contributed by atoms with E-state index < -0.39 is 0 Å². The number of rotatable bonds is 4. The first-order valence-electron chi connectivity index (χ1n) is 5.80. The molecule has 0 spiro atoms. The van der Waals surface area contributed by atoms with Crippen molar-refractivity contribution in [3.63, 3.8) is 0 Å². The summed E-state index contributed by atoms with van der Waals surface area (Å²) in [6, 6.07) is 6.54. The summed E-state index contributed by atoms with van der Waals surface area (Å²) in [5, 5.41) is 0. The zero-order valence-corrected chi connectivity index (χ0v) is 9.96. The van der Waals surface area contributed by atoms with Gasteiger partial charge in [-0.05, 0) is 43.4 Å². The molecule has 0 radical (unpaired) electrons. The maximum atomic E-state index is 4.23. The van der Waals surface area contributed by atoms with Crippen LogP contribution in [-0.2, 0) is 12.8 Å². The number of benzene rings is 1. The molecule has 0 unspecified atom stereocenters. The third-order valence-electron chi connectivity index (χ3n) is 3.13. The predicted molar refractivity (Wildman–Crippen MR) is 66.5 cm³/mol. The van der Waals surface area contributed by atoms with Gasteiger partial charge >= 0.3 is 0 Å². The van der Waals surface area contributed by atoms with Gasteiger partial charge in [-0.25, -0.2) is 4.98 Å². The molecule has 0 atom stereocenters. The van der Waals surface area contributed by atoms with Crippen molar-refractivity contribution in [3.05, 3.63) is 53.1 Å². The molecule has 1 aromatic carbocycles. The summed E-state index contributed by atoms with van der Waals surface area (Å²) < 4.78 is 0. The summed E-state index contributed by atoms with van der Waals surface area (Å²) in [4.78, 5) is 7.37. The van der Waals surface area contributed by atoms with E-state index in [9.17, 15) is 0 Å². The minimum atomic E-state index is 1.03. The van der Waals surface area contributed by atoms with Crippen molar-refractivity contribution in [3.8, 4) is 0 Å². The topological polar surface area (TPSA) is 28.7 Å². The van der Waals surface area contributed by atoms with E-state index in [1.165, 1.54) is 16.7 Å². The lowest BCUT2D eigenvalue weighted by Crippen LogP contribution is -1.95. The standard InChI is InChI=1S/C14H18N2/c1-11-5-3-6-13(12(11)2)7-4-8-14-15-9-10-16-14/h3,5-6,9-10H,4,7-8H2,1-2H3,(H,15,16). The van der Waals surface area contributed by atoms with Crippen molar-refractivity contribution in [2.45, 2.75) is 33.1 Å². The smallest absolute Gasteiger partial charge is 0.106 e. The predicted octanol–water partition coefficient (Wildman–Crippen LogP) is 3.20. The van der Waals surface area contributed by atoms with Gasteiger partial charge in [0, 0.05) is 18.8 Å². The largest absolute Gasteiger partial charge is 0.349 e. The highest BCUT2D eigenvalue weighted by Crippen LogP contribution is 2.15. The second kappa shape index (κ2) is 4.97. The monoisotopic (exact) mass is 214 g/mol. The molecule has 1 N–H and O–H groups in total. The second-order valence-corrected chi connectivity index (χ2v) is 4.25. The molecule has 1 heterocycles. The summed E-state index contributed by atoms with van der Waals surface area (Å²) in [5.74, 6) is 1.09. The fourth-order valence-electron chi connectivity index (χ4n) is 1.96. The minimum Gasteiger partial charge on any atom is -0.349 e. The van der Waals surface area contributed by atoms with Crippen molar-refractivity contribution in [2.24, 2.45) is 0 Å². The van der Waals surface area contributed by atoms with Crippen LogP contribution < -0.4 is 0 Å². The van der Waals surface area contributed by atoms with Gasteiger partial charge in [-0.3, -0.25) is 0 Å². The molecule has 0 aliphatic heterocycles. The Bertz CT molecular complexity index is 444. The first-order chi connectivity index (χ1) is 7.77. The number of imidazole rings is 1. The average molecular weight is 214 g/mol. The first-order valence-corrected chi connectivity index (χ1v) is 5.80. The molecule has 0 fully saturated rings. The molecule has 0 aliphatic rings. The van der Waals surface area contributed by atoms with E-state index in [1.54, 1.807) is 0 Å². The highest BCUT2D eigenvalue weighted by molar-refractivity contribution is 5.33. The van der Waals surface area contributed by atoms with Gasteiger partial charge in [0.05, 0.1) is 0 Å². The number of nitrogens with one attached hydrogen (secondary N) is 1. The van der Waals surface area contributed by atoms with Crippen LogP contribution in [-0.4, -0.2) is 9.97 Å². The molecule has 0 bridgehead atoms. The highest BCUT2D eigenvalue weighted by Gasteiger charge is 2.01. The summed E-state index contributed by atoms with van der Waals surface area (Å²) >= 11 is 0. The van der Waals surface area contributed by atoms with Crippen LogP contribution in [0.1, 0.15) is 28.9 Å². The zero-order chi connectivity index (χ0) is 11.4. The van der Waals surface area contributed by atoms with Gasteiger partial charge in [-0.1, -0.05) is 18.2 Å². The van der Waals surface area contributed by atoms with E-state index in [1.807, 2.05) is 12.4 Å². The third-order valence-corrected chi connectivity index (χ3v) is 3.13. The van der Waals surface area contributed by atoms with Crippen molar-refractivity contribution < 1.29 is 0 Å². The third kappa shape index (κ3) is 2.51. The van der Waals surface area contributed by atoms with Crippen molar-refractivity contribution in [1.29, 1.82) is 0 Å². The Morgan fingerprint density at radius 3 is 2.81 bits per heavy atom. The Kier molecular flexibility index (Phi) is 3.40. The molecule has 2 nitrogen and oxygen atoms in total. The zero-order valence-electron chi connectivity index (χ0n) is 9.96. The molecular formula is C14H18N2. The minimum absolute atomic E-state index is 1.03. The van der Waals surface area contributed by atoms with Crippen LogP contribution in [0.4, 0.5) is 0 Å². The second-order valence-electron chi connectivity index (χ2n) is 4.25. The van der Waals surface area contributed by atoms with Gasteiger partial charge in [-0.15, -0.1) is 0 Å². The number of nitrogens with zero attached hydrogens (tertiary/aromatic N) is 1. The van der Waals surface area contributed by atoms with E-state index in [2.05, 4.69) is 42.0 Å². The number of hydrogen-bond acceptors (Lipinski definition) is 1. The van der Waals surface area contributed by atoms with E-state index in [4.69, 9.17) is 0 Å². The van der Waals surface area contributed by atoms with Crippen LogP contribution >= 0.6 is 0 Å². The van der Waals surface area contributed by atoms with Gasteiger partial charge in [-0.2, -0.15) is 0 Å². The summed E-state index contributed by atoms with van der Waals surface area (Å²) in [6.07, 6.45) is 7.01. The van der Waals surface area contributed by atoms with Crippen LogP contribution in [0.15, 0.2) is 30.6 Å². The summed E-state index contributed by atoms with van der Waals surface area (Å²) in [6.45, 7) is 4.38. The Hall–Kier alpha value is -1.57. The molecule has 2 aromatic rings. The molecule has 0 aliphatic carbocycles. The Balaban J connectivity index is 1.92. The Labute approximate surface area is 96.7 Å². The molecule has 0 amide bonds. The summed E-state index contributed by atoms with van der Waals surface area (Å²) in [7, 11) is 0. The van der Waals surface area contributed by atoms with Crippen molar-refractivity contribution >= 4 is 0 Å². The van der Waals surface area contributed by atoms with E-state index >= 15 is 0 Å². The lowest BCUT2D eigenvalue weighted by Gasteiger charge is -2.07.